The van der Waals surface area contributed by atoms with Crippen molar-refractivity contribution in [2.45, 2.75) is 56.9 Å². The molecule has 1 aromatic heterocycles. The zero-order valence-electron chi connectivity index (χ0n) is 10.8. The highest BCUT2D eigenvalue weighted by Gasteiger charge is 2.37. The molecule has 4 nitrogen and oxygen atoms in total. The van der Waals surface area contributed by atoms with Crippen molar-refractivity contribution < 1.29 is 5.11 Å². The van der Waals surface area contributed by atoms with Gasteiger partial charge in [-0.2, -0.15) is 16.9 Å². The number of aliphatic hydroxyl groups excluding tert-OH is 1. The maximum atomic E-state index is 10.4. The van der Waals surface area contributed by atoms with Gasteiger partial charge in [0.25, 0.3) is 0 Å². The van der Waals surface area contributed by atoms with Crippen LogP contribution in [-0.4, -0.2) is 36.5 Å². The van der Waals surface area contributed by atoms with E-state index in [9.17, 15) is 5.11 Å². The van der Waals surface area contributed by atoms with E-state index < -0.39 is 0 Å². The molecule has 17 heavy (non-hydrogen) atoms. The predicted molar refractivity (Wildman–Crippen MR) is 70.2 cm³/mol. The summed E-state index contributed by atoms with van der Waals surface area (Å²) in [5, 5.41) is 14.6. The number of nitrogens with zero attached hydrogens (tertiary/aromatic N) is 3. The number of hydrogen-bond acceptors (Lipinski definition) is 4. The van der Waals surface area contributed by atoms with Crippen LogP contribution in [0, 0.1) is 0 Å². The number of hydrogen-bond donors (Lipinski definition) is 1. The van der Waals surface area contributed by atoms with Gasteiger partial charge in [0.05, 0.1) is 6.10 Å². The SMILES string of the molecule is CC(C)n1ncnc1CC(O)C1(C)CCCS1. The van der Waals surface area contributed by atoms with Crippen LogP contribution >= 0.6 is 11.8 Å². The van der Waals surface area contributed by atoms with Crippen molar-refractivity contribution >= 4 is 11.8 Å². The molecule has 1 saturated heterocycles. The third kappa shape index (κ3) is 2.65. The van der Waals surface area contributed by atoms with E-state index in [1.165, 1.54) is 6.42 Å². The molecule has 1 aliphatic rings. The minimum atomic E-state index is -0.336. The van der Waals surface area contributed by atoms with E-state index >= 15 is 0 Å². The third-order valence-corrected chi connectivity index (χ3v) is 5.09. The Morgan fingerprint density at radius 2 is 2.35 bits per heavy atom. The fourth-order valence-electron chi connectivity index (χ4n) is 2.30. The number of rotatable bonds is 4. The Morgan fingerprint density at radius 3 is 2.94 bits per heavy atom. The fraction of sp³-hybridized carbons (Fsp3) is 0.833. The average Bonchev–Trinajstić information content (AvgIpc) is 2.87. The van der Waals surface area contributed by atoms with Crippen LogP contribution in [0.5, 0.6) is 0 Å². The highest BCUT2D eigenvalue weighted by atomic mass is 32.2. The Kier molecular flexibility index (Phi) is 3.78. The average molecular weight is 255 g/mol. The summed E-state index contributed by atoms with van der Waals surface area (Å²) < 4.78 is 1.89. The second-order valence-corrected chi connectivity index (χ2v) is 6.83. The molecule has 1 aliphatic heterocycles. The molecular weight excluding hydrogens is 234 g/mol. The largest absolute Gasteiger partial charge is 0.391 e. The Balaban J connectivity index is 2.07. The molecule has 0 radical (unpaired) electrons. The van der Waals surface area contributed by atoms with E-state index in [0.29, 0.717) is 12.5 Å². The van der Waals surface area contributed by atoms with Crippen LogP contribution < -0.4 is 0 Å². The lowest BCUT2D eigenvalue weighted by molar-refractivity contribution is 0.129. The molecule has 2 heterocycles. The van der Waals surface area contributed by atoms with Crippen molar-refractivity contribution in [1.29, 1.82) is 0 Å². The van der Waals surface area contributed by atoms with Crippen molar-refractivity contribution in [2.24, 2.45) is 0 Å². The topological polar surface area (TPSA) is 50.9 Å². The van der Waals surface area contributed by atoms with E-state index in [1.807, 2.05) is 16.4 Å². The summed E-state index contributed by atoms with van der Waals surface area (Å²) >= 11 is 1.88. The molecule has 0 bridgehead atoms. The lowest BCUT2D eigenvalue weighted by Gasteiger charge is -2.29. The molecule has 1 aromatic rings. The third-order valence-electron chi connectivity index (χ3n) is 3.47. The molecule has 96 valence electrons. The van der Waals surface area contributed by atoms with Crippen molar-refractivity contribution in [2.75, 3.05) is 5.75 Å². The lowest BCUT2D eigenvalue weighted by atomic mass is 9.96. The molecule has 0 spiro atoms. The molecule has 5 heteroatoms. The minimum absolute atomic E-state index is 0.00619. The maximum absolute atomic E-state index is 10.4. The first-order valence-electron chi connectivity index (χ1n) is 6.23. The van der Waals surface area contributed by atoms with Crippen LogP contribution in [0.3, 0.4) is 0 Å². The van der Waals surface area contributed by atoms with Gasteiger partial charge < -0.3 is 5.11 Å². The van der Waals surface area contributed by atoms with E-state index in [0.717, 1.165) is 18.0 Å². The van der Waals surface area contributed by atoms with Gasteiger partial charge in [-0.15, -0.1) is 0 Å². The number of thioether (sulfide) groups is 1. The molecule has 2 rings (SSSR count). The van der Waals surface area contributed by atoms with E-state index in [4.69, 9.17) is 0 Å². The predicted octanol–water partition coefficient (Wildman–Crippen LogP) is 2.05. The first-order valence-corrected chi connectivity index (χ1v) is 7.22. The van der Waals surface area contributed by atoms with Gasteiger partial charge in [0.2, 0.25) is 0 Å². The van der Waals surface area contributed by atoms with Gasteiger partial charge in [-0.3, -0.25) is 0 Å². The fourth-order valence-corrected chi connectivity index (χ4v) is 3.62. The first kappa shape index (κ1) is 12.9. The van der Waals surface area contributed by atoms with Gasteiger partial charge >= 0.3 is 0 Å². The van der Waals surface area contributed by atoms with E-state index in [1.54, 1.807) is 6.33 Å². The highest BCUT2D eigenvalue weighted by Crippen LogP contribution is 2.41. The molecule has 0 amide bonds. The molecule has 0 saturated carbocycles. The van der Waals surface area contributed by atoms with Crippen LogP contribution in [0.15, 0.2) is 6.33 Å². The monoisotopic (exact) mass is 255 g/mol. The molecule has 2 atom stereocenters. The molecule has 1 N–H and O–H groups in total. The summed E-state index contributed by atoms with van der Waals surface area (Å²) in [4.78, 5) is 4.26. The quantitative estimate of drug-likeness (QED) is 0.894. The van der Waals surface area contributed by atoms with Crippen LogP contribution in [0.1, 0.15) is 45.5 Å². The maximum Gasteiger partial charge on any atom is 0.138 e. The normalized spacial score (nSPS) is 26.6. The number of aromatic nitrogens is 3. The van der Waals surface area contributed by atoms with Crippen LogP contribution in [0.4, 0.5) is 0 Å². The molecule has 0 aliphatic carbocycles. The molecule has 1 fully saturated rings. The zero-order valence-corrected chi connectivity index (χ0v) is 11.6. The van der Waals surface area contributed by atoms with E-state index in [2.05, 4.69) is 30.9 Å². The summed E-state index contributed by atoms with van der Waals surface area (Å²) in [6.07, 6.45) is 4.13. The summed E-state index contributed by atoms with van der Waals surface area (Å²) in [5.74, 6) is 2.05. The van der Waals surface area contributed by atoms with E-state index in [-0.39, 0.29) is 10.9 Å². The summed E-state index contributed by atoms with van der Waals surface area (Å²) in [5.41, 5.74) is 0. The molecule has 2 unspecified atom stereocenters. The smallest absolute Gasteiger partial charge is 0.138 e. The lowest BCUT2D eigenvalue weighted by Crippen LogP contribution is -2.36. The summed E-state index contributed by atoms with van der Waals surface area (Å²) in [7, 11) is 0. The van der Waals surface area contributed by atoms with Crippen LogP contribution in [0.2, 0.25) is 0 Å². The van der Waals surface area contributed by atoms with Gasteiger partial charge in [-0.25, -0.2) is 9.67 Å². The first-order chi connectivity index (χ1) is 8.03. The van der Waals surface area contributed by atoms with Gasteiger partial charge in [-0.05, 0) is 39.4 Å². The summed E-state index contributed by atoms with van der Waals surface area (Å²) in [6, 6.07) is 0.295. The second kappa shape index (κ2) is 4.98. The molecular formula is C12H21N3OS. The Hall–Kier alpha value is -0.550. The zero-order chi connectivity index (χ0) is 12.5. The highest BCUT2D eigenvalue weighted by molar-refractivity contribution is 8.00. The van der Waals surface area contributed by atoms with Gasteiger partial charge in [0.1, 0.15) is 12.2 Å². The van der Waals surface area contributed by atoms with Crippen LogP contribution in [-0.2, 0) is 6.42 Å². The minimum Gasteiger partial charge on any atom is -0.391 e. The van der Waals surface area contributed by atoms with Crippen molar-refractivity contribution in [3.05, 3.63) is 12.2 Å². The van der Waals surface area contributed by atoms with Crippen molar-refractivity contribution in [1.82, 2.24) is 14.8 Å². The Bertz CT molecular complexity index is 372. The Labute approximate surface area is 107 Å². The Morgan fingerprint density at radius 1 is 1.59 bits per heavy atom. The van der Waals surface area contributed by atoms with Gasteiger partial charge in [0, 0.05) is 17.2 Å². The second-order valence-electron chi connectivity index (χ2n) is 5.20. The molecule has 0 aromatic carbocycles. The standard InChI is InChI=1S/C12H21N3OS/c1-9(2)15-11(13-8-14-15)7-10(16)12(3)5-4-6-17-12/h8-10,16H,4-7H2,1-3H3. The van der Waals surface area contributed by atoms with Crippen molar-refractivity contribution in [3.63, 3.8) is 0 Å². The van der Waals surface area contributed by atoms with Crippen molar-refractivity contribution in [3.8, 4) is 0 Å². The summed E-state index contributed by atoms with van der Waals surface area (Å²) in [6.45, 7) is 6.32. The van der Waals surface area contributed by atoms with Gasteiger partial charge in [-0.1, -0.05) is 0 Å². The number of aliphatic hydroxyl groups is 1. The van der Waals surface area contributed by atoms with Crippen LogP contribution in [0.25, 0.3) is 0 Å². The van der Waals surface area contributed by atoms with Gasteiger partial charge in [0.15, 0.2) is 0 Å².